The predicted octanol–water partition coefficient (Wildman–Crippen LogP) is 4.91. The number of anilines is 2. The fourth-order valence-corrected chi connectivity index (χ4v) is 3.96. The van der Waals surface area contributed by atoms with Crippen LogP contribution in [0.3, 0.4) is 0 Å². The number of benzene rings is 3. The van der Waals surface area contributed by atoms with E-state index in [4.69, 9.17) is 9.47 Å². The molecule has 0 spiro atoms. The van der Waals surface area contributed by atoms with Gasteiger partial charge in [0.1, 0.15) is 11.5 Å². The number of rotatable bonds is 6. The monoisotopic (exact) mass is 494 g/mol. The van der Waals surface area contributed by atoms with Crippen molar-refractivity contribution in [1.29, 1.82) is 0 Å². The Labute approximate surface area is 193 Å². The standard InChI is InChI=1S/C24H19BrN2O5/c1-3-32-20-11-8-14(12-18(20)25)22(28)26-15-9-10-19(21(13-15)31-2)27-23(29)16-6-4-5-7-17(16)24(27)30/h4-13H,3H2,1-2H3,(H,26,28). The van der Waals surface area contributed by atoms with Crippen LogP contribution in [0.15, 0.2) is 65.1 Å². The SMILES string of the molecule is CCOc1ccc(C(=O)Nc2ccc(N3C(=O)c4ccccc4C3=O)c(OC)c2)cc1Br. The second-order valence-corrected chi connectivity index (χ2v) is 7.76. The molecule has 0 saturated heterocycles. The highest BCUT2D eigenvalue weighted by molar-refractivity contribution is 9.10. The topological polar surface area (TPSA) is 84.9 Å². The van der Waals surface area contributed by atoms with Gasteiger partial charge in [0.15, 0.2) is 0 Å². The largest absolute Gasteiger partial charge is 0.494 e. The van der Waals surface area contributed by atoms with Gasteiger partial charge in [-0.25, -0.2) is 4.90 Å². The van der Waals surface area contributed by atoms with Gasteiger partial charge >= 0.3 is 0 Å². The summed E-state index contributed by atoms with van der Waals surface area (Å²) in [5.41, 5.74) is 1.89. The fraction of sp³-hybridized carbons (Fsp3) is 0.125. The Morgan fingerprint density at radius 2 is 1.66 bits per heavy atom. The van der Waals surface area contributed by atoms with Gasteiger partial charge in [0.05, 0.1) is 35.0 Å². The minimum absolute atomic E-state index is 0.283. The number of amides is 3. The number of carbonyl (C=O) groups is 3. The minimum atomic E-state index is -0.417. The molecule has 3 aromatic carbocycles. The van der Waals surface area contributed by atoms with Gasteiger partial charge in [0, 0.05) is 17.3 Å². The molecular formula is C24H19BrN2O5. The molecule has 4 rings (SSSR count). The van der Waals surface area contributed by atoms with Crippen molar-refractivity contribution in [3.63, 3.8) is 0 Å². The van der Waals surface area contributed by atoms with Gasteiger partial charge in [-0.2, -0.15) is 0 Å². The number of ether oxygens (including phenoxy) is 2. The van der Waals surface area contributed by atoms with Crippen LogP contribution >= 0.6 is 15.9 Å². The van der Waals surface area contributed by atoms with Gasteiger partial charge in [-0.05, 0) is 65.3 Å². The zero-order chi connectivity index (χ0) is 22.8. The van der Waals surface area contributed by atoms with Gasteiger partial charge in [-0.1, -0.05) is 12.1 Å². The van der Waals surface area contributed by atoms with Crippen molar-refractivity contribution >= 4 is 45.0 Å². The molecule has 0 unspecified atom stereocenters. The van der Waals surface area contributed by atoms with Crippen molar-refractivity contribution in [1.82, 2.24) is 0 Å². The summed E-state index contributed by atoms with van der Waals surface area (Å²) in [4.78, 5) is 39.4. The van der Waals surface area contributed by atoms with Crippen LogP contribution in [-0.2, 0) is 0 Å². The van der Waals surface area contributed by atoms with E-state index in [1.54, 1.807) is 60.7 Å². The zero-order valence-corrected chi connectivity index (χ0v) is 18.9. The number of imide groups is 1. The molecule has 0 aromatic heterocycles. The van der Waals surface area contributed by atoms with Crippen molar-refractivity contribution in [2.75, 3.05) is 23.9 Å². The molecule has 3 amide bonds. The first-order chi connectivity index (χ1) is 15.4. The Morgan fingerprint density at radius 1 is 0.969 bits per heavy atom. The smallest absolute Gasteiger partial charge is 0.266 e. The lowest BCUT2D eigenvalue weighted by atomic mass is 10.1. The summed E-state index contributed by atoms with van der Waals surface area (Å²) >= 11 is 3.40. The summed E-state index contributed by atoms with van der Waals surface area (Å²) in [6.07, 6.45) is 0. The molecule has 0 fully saturated rings. The molecule has 8 heteroatoms. The quantitative estimate of drug-likeness (QED) is 0.492. The lowest BCUT2D eigenvalue weighted by Crippen LogP contribution is -2.29. The van der Waals surface area contributed by atoms with Gasteiger partial charge in [-0.15, -0.1) is 0 Å². The second kappa shape index (κ2) is 8.84. The van der Waals surface area contributed by atoms with E-state index in [1.165, 1.54) is 7.11 Å². The van der Waals surface area contributed by atoms with E-state index in [2.05, 4.69) is 21.2 Å². The van der Waals surface area contributed by atoms with Crippen LogP contribution < -0.4 is 19.7 Å². The van der Waals surface area contributed by atoms with Gasteiger partial charge in [-0.3, -0.25) is 14.4 Å². The van der Waals surface area contributed by atoms with Crippen LogP contribution in [0.25, 0.3) is 0 Å². The number of carbonyl (C=O) groups excluding carboxylic acids is 3. The Bertz CT molecular complexity index is 1210. The maximum Gasteiger partial charge on any atom is 0.266 e. The van der Waals surface area contributed by atoms with Crippen molar-refractivity contribution in [3.8, 4) is 11.5 Å². The Morgan fingerprint density at radius 3 is 2.25 bits per heavy atom. The highest BCUT2D eigenvalue weighted by atomic mass is 79.9. The normalized spacial score (nSPS) is 12.5. The molecule has 0 radical (unpaired) electrons. The summed E-state index contributed by atoms with van der Waals surface area (Å²) in [7, 11) is 1.44. The van der Waals surface area contributed by atoms with Gasteiger partial charge < -0.3 is 14.8 Å². The summed E-state index contributed by atoms with van der Waals surface area (Å²) < 4.78 is 11.6. The van der Waals surface area contributed by atoms with E-state index in [0.29, 0.717) is 44.9 Å². The molecule has 1 aliphatic heterocycles. The third-order valence-corrected chi connectivity index (χ3v) is 5.59. The van der Waals surface area contributed by atoms with Crippen LogP contribution in [0.1, 0.15) is 38.0 Å². The molecular weight excluding hydrogens is 476 g/mol. The molecule has 7 nitrogen and oxygen atoms in total. The van der Waals surface area contributed by atoms with Crippen LogP contribution in [0, 0.1) is 0 Å². The first-order valence-electron chi connectivity index (χ1n) is 9.84. The zero-order valence-electron chi connectivity index (χ0n) is 17.3. The summed E-state index contributed by atoms with van der Waals surface area (Å²) in [5.74, 6) is -0.231. The van der Waals surface area contributed by atoms with E-state index in [1.807, 2.05) is 6.92 Å². The average Bonchev–Trinajstić information content (AvgIpc) is 3.05. The Hall–Kier alpha value is -3.65. The van der Waals surface area contributed by atoms with Crippen molar-refractivity contribution in [2.24, 2.45) is 0 Å². The number of nitrogens with one attached hydrogen (secondary N) is 1. The maximum atomic E-state index is 12.8. The van der Waals surface area contributed by atoms with Crippen molar-refractivity contribution in [2.45, 2.75) is 6.92 Å². The van der Waals surface area contributed by atoms with E-state index >= 15 is 0 Å². The van der Waals surface area contributed by atoms with Crippen molar-refractivity contribution < 1.29 is 23.9 Å². The summed E-state index contributed by atoms with van der Waals surface area (Å²) in [6, 6.07) is 16.5. The van der Waals surface area contributed by atoms with Gasteiger partial charge in [0.25, 0.3) is 17.7 Å². The minimum Gasteiger partial charge on any atom is -0.494 e. The number of halogens is 1. The summed E-state index contributed by atoms with van der Waals surface area (Å²) in [6.45, 7) is 2.40. The lowest BCUT2D eigenvalue weighted by Gasteiger charge is -2.18. The Kier molecular flexibility index (Phi) is 5.96. The molecule has 0 atom stereocenters. The van der Waals surface area contributed by atoms with E-state index in [9.17, 15) is 14.4 Å². The van der Waals surface area contributed by atoms with E-state index < -0.39 is 11.8 Å². The number of hydrogen-bond donors (Lipinski definition) is 1. The molecule has 1 N–H and O–H groups in total. The fourth-order valence-electron chi connectivity index (χ4n) is 3.47. The molecule has 0 saturated carbocycles. The number of methoxy groups -OCH3 is 1. The summed E-state index contributed by atoms with van der Waals surface area (Å²) in [5, 5.41) is 2.80. The van der Waals surface area contributed by atoms with E-state index in [0.717, 1.165) is 4.90 Å². The Balaban J connectivity index is 1.58. The van der Waals surface area contributed by atoms with Crippen LogP contribution in [0.5, 0.6) is 11.5 Å². The lowest BCUT2D eigenvalue weighted by molar-refractivity contribution is 0.0923. The highest BCUT2D eigenvalue weighted by Crippen LogP contribution is 2.36. The van der Waals surface area contributed by atoms with Crippen LogP contribution in [0.2, 0.25) is 0 Å². The van der Waals surface area contributed by atoms with E-state index in [-0.39, 0.29) is 11.7 Å². The molecule has 1 heterocycles. The van der Waals surface area contributed by atoms with Crippen LogP contribution in [0.4, 0.5) is 11.4 Å². The number of hydrogen-bond acceptors (Lipinski definition) is 5. The highest BCUT2D eigenvalue weighted by Gasteiger charge is 2.37. The molecule has 162 valence electrons. The number of fused-ring (bicyclic) bond motifs is 1. The maximum absolute atomic E-state index is 12.8. The van der Waals surface area contributed by atoms with Gasteiger partial charge in [0.2, 0.25) is 0 Å². The third-order valence-electron chi connectivity index (χ3n) is 4.97. The van der Waals surface area contributed by atoms with Crippen molar-refractivity contribution in [3.05, 3.63) is 81.8 Å². The molecule has 0 aliphatic carbocycles. The average molecular weight is 495 g/mol. The molecule has 32 heavy (non-hydrogen) atoms. The number of nitrogens with zero attached hydrogens (tertiary/aromatic N) is 1. The predicted molar refractivity (Wildman–Crippen MR) is 124 cm³/mol. The molecule has 1 aliphatic rings. The first-order valence-corrected chi connectivity index (χ1v) is 10.6. The third kappa shape index (κ3) is 3.85. The molecule has 0 bridgehead atoms. The second-order valence-electron chi connectivity index (χ2n) is 6.91. The molecule has 3 aromatic rings. The first kappa shape index (κ1) is 21.6. The van der Waals surface area contributed by atoms with Crippen LogP contribution in [-0.4, -0.2) is 31.4 Å².